The molecule has 1 fully saturated rings. The zero-order valence-corrected chi connectivity index (χ0v) is 16.9. The van der Waals surface area contributed by atoms with Gasteiger partial charge < -0.3 is 4.74 Å². The van der Waals surface area contributed by atoms with Crippen molar-refractivity contribution in [2.75, 3.05) is 43.4 Å². The van der Waals surface area contributed by atoms with Crippen LogP contribution in [0.5, 0.6) is 0 Å². The highest BCUT2D eigenvalue weighted by atomic mass is 32.2. The number of amides is 1. The standard InChI is InChI=1S/C18H29N3O5S/c1-14(2)12-15-4-6-16(7-5-15)21(27(3,24)25)13-17(18(22)19-23)20-8-10-26-11-9-20/h4-7,14,17,23H,8-13H2,1-3H3,(H,19,22). The van der Waals surface area contributed by atoms with Crippen LogP contribution in [-0.4, -0.2) is 69.6 Å². The van der Waals surface area contributed by atoms with Crippen molar-refractivity contribution in [1.82, 2.24) is 10.4 Å². The van der Waals surface area contributed by atoms with Gasteiger partial charge >= 0.3 is 0 Å². The van der Waals surface area contributed by atoms with Crippen LogP contribution in [0.2, 0.25) is 0 Å². The molecule has 1 aliphatic heterocycles. The largest absolute Gasteiger partial charge is 0.379 e. The Bertz CT molecular complexity index is 715. The van der Waals surface area contributed by atoms with Gasteiger partial charge in [-0.2, -0.15) is 0 Å². The highest BCUT2D eigenvalue weighted by Gasteiger charge is 2.32. The average molecular weight is 400 g/mol. The fraction of sp³-hybridized carbons (Fsp3) is 0.611. The molecule has 2 rings (SSSR count). The second kappa shape index (κ2) is 9.50. The van der Waals surface area contributed by atoms with Crippen molar-refractivity contribution in [2.24, 2.45) is 5.92 Å². The number of ether oxygens (including phenoxy) is 1. The lowest BCUT2D eigenvalue weighted by Gasteiger charge is -2.36. The monoisotopic (exact) mass is 399 g/mol. The van der Waals surface area contributed by atoms with E-state index >= 15 is 0 Å². The lowest BCUT2D eigenvalue weighted by atomic mass is 10.0. The van der Waals surface area contributed by atoms with Crippen molar-refractivity contribution in [1.29, 1.82) is 0 Å². The molecular weight excluding hydrogens is 370 g/mol. The van der Waals surface area contributed by atoms with E-state index in [1.54, 1.807) is 17.6 Å². The third-order valence-electron chi connectivity index (χ3n) is 4.51. The fourth-order valence-electron chi connectivity index (χ4n) is 3.19. The highest BCUT2D eigenvalue weighted by molar-refractivity contribution is 7.92. The van der Waals surface area contributed by atoms with Crippen molar-refractivity contribution >= 4 is 21.6 Å². The molecule has 1 atom stereocenters. The number of carbonyl (C=O) groups is 1. The lowest BCUT2D eigenvalue weighted by Crippen LogP contribution is -2.56. The Labute approximate surface area is 161 Å². The molecule has 0 radical (unpaired) electrons. The molecule has 9 heteroatoms. The van der Waals surface area contributed by atoms with Gasteiger partial charge in [0.05, 0.1) is 31.7 Å². The van der Waals surface area contributed by atoms with Crippen molar-refractivity contribution < 1.29 is 23.2 Å². The third kappa shape index (κ3) is 6.17. The topological polar surface area (TPSA) is 99.2 Å². The van der Waals surface area contributed by atoms with Gasteiger partial charge in [-0.3, -0.25) is 19.2 Å². The predicted molar refractivity (Wildman–Crippen MR) is 103 cm³/mol. The lowest BCUT2D eigenvalue weighted by molar-refractivity contribution is -0.136. The summed E-state index contributed by atoms with van der Waals surface area (Å²) in [4.78, 5) is 14.0. The summed E-state index contributed by atoms with van der Waals surface area (Å²) >= 11 is 0. The van der Waals surface area contributed by atoms with Gasteiger partial charge in [0.2, 0.25) is 10.0 Å². The van der Waals surface area contributed by atoms with Gasteiger partial charge in [0.15, 0.2) is 0 Å². The van der Waals surface area contributed by atoms with Crippen LogP contribution in [0.1, 0.15) is 19.4 Å². The molecule has 1 amide bonds. The SMILES string of the molecule is CC(C)Cc1ccc(N(CC(C(=O)NO)N2CCOCC2)S(C)(=O)=O)cc1. The number of hydrogen-bond donors (Lipinski definition) is 2. The number of anilines is 1. The van der Waals surface area contributed by atoms with E-state index < -0.39 is 22.0 Å². The summed E-state index contributed by atoms with van der Waals surface area (Å²) in [6.45, 7) is 6.05. The van der Waals surface area contributed by atoms with Crippen LogP contribution in [0.3, 0.4) is 0 Å². The highest BCUT2D eigenvalue weighted by Crippen LogP contribution is 2.21. The van der Waals surface area contributed by atoms with Crippen LogP contribution in [0.4, 0.5) is 5.69 Å². The first-order valence-electron chi connectivity index (χ1n) is 9.04. The number of hydroxylamine groups is 1. The van der Waals surface area contributed by atoms with Gasteiger partial charge in [-0.25, -0.2) is 13.9 Å². The van der Waals surface area contributed by atoms with Crippen molar-refractivity contribution in [2.45, 2.75) is 26.3 Å². The van der Waals surface area contributed by atoms with E-state index in [0.29, 0.717) is 37.9 Å². The van der Waals surface area contributed by atoms with E-state index in [-0.39, 0.29) is 6.54 Å². The van der Waals surface area contributed by atoms with E-state index in [1.807, 2.05) is 17.0 Å². The molecule has 1 saturated heterocycles. The predicted octanol–water partition coefficient (Wildman–Crippen LogP) is 0.857. The maximum atomic E-state index is 12.4. The molecule has 1 aromatic rings. The number of carbonyl (C=O) groups excluding carboxylic acids is 1. The van der Waals surface area contributed by atoms with Crippen LogP contribution < -0.4 is 9.79 Å². The maximum Gasteiger partial charge on any atom is 0.262 e. The second-order valence-corrected chi connectivity index (χ2v) is 9.11. The van der Waals surface area contributed by atoms with Crippen LogP contribution in [-0.2, 0) is 26.0 Å². The maximum absolute atomic E-state index is 12.4. The van der Waals surface area contributed by atoms with Gasteiger partial charge in [0, 0.05) is 13.1 Å². The smallest absolute Gasteiger partial charge is 0.262 e. The molecule has 1 aliphatic rings. The minimum absolute atomic E-state index is 0.0885. The number of nitrogens with zero attached hydrogens (tertiary/aromatic N) is 2. The molecule has 1 unspecified atom stereocenters. The summed E-state index contributed by atoms with van der Waals surface area (Å²) in [5.74, 6) is -0.136. The molecule has 152 valence electrons. The first-order valence-corrected chi connectivity index (χ1v) is 10.9. The molecule has 27 heavy (non-hydrogen) atoms. The number of rotatable bonds is 8. The van der Waals surface area contributed by atoms with Crippen LogP contribution in [0.25, 0.3) is 0 Å². The zero-order chi connectivity index (χ0) is 20.0. The van der Waals surface area contributed by atoms with E-state index in [4.69, 9.17) is 9.94 Å². The van der Waals surface area contributed by atoms with Gasteiger partial charge in [0.1, 0.15) is 6.04 Å². The van der Waals surface area contributed by atoms with E-state index in [9.17, 15) is 13.2 Å². The number of nitrogens with one attached hydrogen (secondary N) is 1. The Kier molecular flexibility index (Phi) is 7.60. The Hall–Kier alpha value is -1.68. The molecule has 0 spiro atoms. The number of sulfonamides is 1. The molecule has 1 aromatic carbocycles. The molecular formula is C18H29N3O5S. The second-order valence-electron chi connectivity index (χ2n) is 7.20. The van der Waals surface area contributed by atoms with E-state index in [2.05, 4.69) is 13.8 Å². The summed E-state index contributed by atoms with van der Waals surface area (Å²) in [5.41, 5.74) is 3.28. The summed E-state index contributed by atoms with van der Waals surface area (Å²) in [7, 11) is -3.62. The molecule has 0 bridgehead atoms. The van der Waals surface area contributed by atoms with Gasteiger partial charge in [-0.05, 0) is 30.0 Å². The molecule has 0 aromatic heterocycles. The van der Waals surface area contributed by atoms with Crippen LogP contribution in [0, 0.1) is 5.92 Å². The summed E-state index contributed by atoms with van der Waals surface area (Å²) < 4.78 is 31.3. The quantitative estimate of drug-likeness (QED) is 0.497. The third-order valence-corrected chi connectivity index (χ3v) is 5.67. The van der Waals surface area contributed by atoms with Crippen molar-refractivity contribution in [3.8, 4) is 0 Å². The summed E-state index contributed by atoms with van der Waals surface area (Å²) in [5, 5.41) is 9.12. The summed E-state index contributed by atoms with van der Waals surface area (Å²) in [6, 6.07) is 6.51. The van der Waals surface area contributed by atoms with Crippen LogP contribution >= 0.6 is 0 Å². The first kappa shape index (κ1) is 21.6. The zero-order valence-electron chi connectivity index (χ0n) is 16.1. The molecule has 0 saturated carbocycles. The van der Waals surface area contributed by atoms with Gasteiger partial charge in [-0.15, -0.1) is 0 Å². The van der Waals surface area contributed by atoms with Crippen LogP contribution in [0.15, 0.2) is 24.3 Å². The van der Waals surface area contributed by atoms with E-state index in [0.717, 1.165) is 18.2 Å². The minimum Gasteiger partial charge on any atom is -0.379 e. The summed E-state index contributed by atoms with van der Waals surface area (Å²) in [6.07, 6.45) is 2.02. The fourth-order valence-corrected chi connectivity index (χ4v) is 4.10. The Morgan fingerprint density at radius 1 is 1.26 bits per heavy atom. The molecule has 1 heterocycles. The molecule has 8 nitrogen and oxygen atoms in total. The Morgan fingerprint density at radius 2 is 1.85 bits per heavy atom. The first-order chi connectivity index (χ1) is 12.7. The number of hydrogen-bond acceptors (Lipinski definition) is 6. The Morgan fingerprint density at radius 3 is 2.33 bits per heavy atom. The van der Waals surface area contributed by atoms with Gasteiger partial charge in [-0.1, -0.05) is 26.0 Å². The minimum atomic E-state index is -3.62. The van der Waals surface area contributed by atoms with Crippen molar-refractivity contribution in [3.05, 3.63) is 29.8 Å². The number of benzene rings is 1. The van der Waals surface area contributed by atoms with Gasteiger partial charge in [0.25, 0.3) is 5.91 Å². The average Bonchev–Trinajstić information content (AvgIpc) is 2.62. The molecule has 2 N–H and O–H groups in total. The molecule has 0 aliphatic carbocycles. The normalized spacial score (nSPS) is 16.9. The number of morpholine rings is 1. The van der Waals surface area contributed by atoms with Crippen molar-refractivity contribution in [3.63, 3.8) is 0 Å². The Balaban J connectivity index is 2.27. The van der Waals surface area contributed by atoms with E-state index in [1.165, 1.54) is 4.31 Å².